The van der Waals surface area contributed by atoms with Crippen LogP contribution in [-0.2, 0) is 9.59 Å². The maximum atomic E-state index is 13.3. The van der Waals surface area contributed by atoms with E-state index in [-0.39, 0.29) is 11.1 Å². The van der Waals surface area contributed by atoms with E-state index in [2.05, 4.69) is 66.0 Å². The van der Waals surface area contributed by atoms with Gasteiger partial charge in [-0.1, -0.05) is 28.9 Å². The van der Waals surface area contributed by atoms with Gasteiger partial charge in [-0.05, 0) is 93.1 Å². The fraction of sp³-hybridized carbons (Fsp3) is 0.346. The molecule has 2 aromatic rings. The van der Waals surface area contributed by atoms with E-state index in [9.17, 15) is 14.4 Å². The molecule has 33 heavy (non-hydrogen) atoms. The lowest BCUT2D eigenvalue weighted by molar-refractivity contribution is -0.122. The van der Waals surface area contributed by atoms with Gasteiger partial charge in [-0.3, -0.25) is 14.9 Å². The van der Waals surface area contributed by atoms with E-state index in [1.807, 2.05) is 6.92 Å². The van der Waals surface area contributed by atoms with E-state index in [0.29, 0.717) is 11.6 Å². The molecule has 1 saturated heterocycles. The SMILES string of the molecule is CCN1c2cc(C)c(/C=C3\C(=O)NC(=O)N(c4cccc(Br)c4)C3=O)cc2[C@H](C)CC1(C)C. The first-order chi connectivity index (χ1) is 15.5. The number of rotatable bonds is 3. The van der Waals surface area contributed by atoms with Crippen molar-refractivity contribution in [1.82, 2.24) is 5.32 Å². The lowest BCUT2D eigenvalue weighted by Crippen LogP contribution is -2.54. The molecule has 0 unspecified atom stereocenters. The monoisotopic (exact) mass is 509 g/mol. The first-order valence-corrected chi connectivity index (χ1v) is 11.9. The Balaban J connectivity index is 1.78. The third-order valence-corrected chi connectivity index (χ3v) is 7.05. The number of carbonyl (C=O) groups excluding carboxylic acids is 3. The molecule has 1 fully saturated rings. The molecule has 6 nitrogen and oxygen atoms in total. The molecule has 2 heterocycles. The van der Waals surface area contributed by atoms with Crippen LogP contribution < -0.4 is 15.1 Å². The Kier molecular flexibility index (Phi) is 5.95. The molecule has 0 radical (unpaired) electrons. The standard InChI is InChI=1S/C26H28BrN3O3/c1-6-29-22-10-15(2)17(11-20(22)16(3)14-26(29,4)5)12-21-23(31)28-25(33)30(24(21)32)19-9-7-8-18(27)13-19/h7-13,16H,6,14H2,1-5H3,(H,28,31,33)/b21-12+/t16-/m1/s1. The highest BCUT2D eigenvalue weighted by Gasteiger charge is 2.38. The summed E-state index contributed by atoms with van der Waals surface area (Å²) in [5, 5.41) is 2.30. The Labute approximate surface area is 202 Å². The number of amides is 4. The predicted octanol–water partition coefficient (Wildman–Crippen LogP) is 5.54. The van der Waals surface area contributed by atoms with Crippen LogP contribution in [-0.4, -0.2) is 29.9 Å². The highest BCUT2D eigenvalue weighted by atomic mass is 79.9. The summed E-state index contributed by atoms with van der Waals surface area (Å²) in [5.41, 5.74) is 4.56. The van der Waals surface area contributed by atoms with Gasteiger partial charge in [-0.25, -0.2) is 9.69 Å². The number of hydrogen-bond donors (Lipinski definition) is 1. The summed E-state index contributed by atoms with van der Waals surface area (Å²) >= 11 is 3.36. The number of nitrogens with one attached hydrogen (secondary N) is 1. The van der Waals surface area contributed by atoms with E-state index in [4.69, 9.17) is 0 Å². The first-order valence-electron chi connectivity index (χ1n) is 11.1. The smallest absolute Gasteiger partial charge is 0.335 e. The second-order valence-corrected chi connectivity index (χ2v) is 10.3. The lowest BCUT2D eigenvalue weighted by Gasteiger charge is -2.47. The highest BCUT2D eigenvalue weighted by Crippen LogP contribution is 2.44. The van der Waals surface area contributed by atoms with Crippen molar-refractivity contribution in [2.45, 2.75) is 52.5 Å². The third-order valence-electron chi connectivity index (χ3n) is 6.56. The quantitative estimate of drug-likeness (QED) is 0.435. The number of hydrogen-bond acceptors (Lipinski definition) is 4. The molecular formula is C26H28BrN3O3. The molecule has 0 aliphatic carbocycles. The van der Waals surface area contributed by atoms with Crippen LogP contribution in [0.3, 0.4) is 0 Å². The first kappa shape index (κ1) is 23.2. The van der Waals surface area contributed by atoms with E-state index in [0.717, 1.165) is 33.5 Å². The van der Waals surface area contributed by atoms with Gasteiger partial charge in [0, 0.05) is 22.2 Å². The number of carbonyl (C=O) groups is 3. The average Bonchev–Trinajstić information content (AvgIpc) is 2.71. The predicted molar refractivity (Wildman–Crippen MR) is 134 cm³/mol. The Bertz CT molecular complexity index is 1200. The summed E-state index contributed by atoms with van der Waals surface area (Å²) in [5.74, 6) is -0.979. The fourth-order valence-electron chi connectivity index (χ4n) is 5.07. The Hall–Kier alpha value is -2.93. The van der Waals surface area contributed by atoms with Crippen LogP contribution in [0.5, 0.6) is 0 Å². The zero-order valence-corrected chi connectivity index (χ0v) is 21.1. The largest absolute Gasteiger partial charge is 0.366 e. The summed E-state index contributed by atoms with van der Waals surface area (Å²) in [7, 11) is 0. The van der Waals surface area contributed by atoms with Crippen LogP contribution in [0.4, 0.5) is 16.2 Å². The minimum atomic E-state index is -0.753. The van der Waals surface area contributed by atoms with Crippen LogP contribution in [0.25, 0.3) is 6.08 Å². The van der Waals surface area contributed by atoms with E-state index in [1.165, 1.54) is 11.3 Å². The van der Waals surface area contributed by atoms with Gasteiger partial charge >= 0.3 is 6.03 Å². The van der Waals surface area contributed by atoms with E-state index >= 15 is 0 Å². The third kappa shape index (κ3) is 4.10. The number of anilines is 2. The Morgan fingerprint density at radius 3 is 2.58 bits per heavy atom. The summed E-state index contributed by atoms with van der Waals surface area (Å²) in [4.78, 5) is 41.8. The van der Waals surface area contributed by atoms with Gasteiger partial charge in [0.15, 0.2) is 0 Å². The number of fused-ring (bicyclic) bond motifs is 1. The highest BCUT2D eigenvalue weighted by molar-refractivity contribution is 9.10. The minimum Gasteiger partial charge on any atom is -0.366 e. The summed E-state index contributed by atoms with van der Waals surface area (Å²) in [6.07, 6.45) is 2.62. The van der Waals surface area contributed by atoms with Gasteiger partial charge in [0.2, 0.25) is 0 Å². The second kappa shape index (κ2) is 8.45. The van der Waals surface area contributed by atoms with Gasteiger partial charge in [0.1, 0.15) is 5.57 Å². The molecule has 2 aromatic carbocycles. The maximum absolute atomic E-state index is 13.3. The number of aryl methyl sites for hydroxylation is 1. The molecule has 1 atom stereocenters. The zero-order valence-electron chi connectivity index (χ0n) is 19.5. The van der Waals surface area contributed by atoms with Crippen LogP contribution in [0.2, 0.25) is 0 Å². The summed E-state index contributed by atoms with van der Waals surface area (Å²) in [6, 6.07) is 10.3. The van der Waals surface area contributed by atoms with Crippen molar-refractivity contribution in [1.29, 1.82) is 0 Å². The van der Waals surface area contributed by atoms with Crippen molar-refractivity contribution in [3.05, 3.63) is 63.1 Å². The van der Waals surface area contributed by atoms with Crippen molar-refractivity contribution in [2.24, 2.45) is 0 Å². The number of barbiturate groups is 1. The van der Waals surface area contributed by atoms with Crippen LogP contribution >= 0.6 is 15.9 Å². The zero-order chi connectivity index (χ0) is 24.1. The number of urea groups is 1. The van der Waals surface area contributed by atoms with Crippen molar-refractivity contribution < 1.29 is 14.4 Å². The number of benzene rings is 2. The van der Waals surface area contributed by atoms with Gasteiger partial charge in [0.25, 0.3) is 11.8 Å². The second-order valence-electron chi connectivity index (χ2n) is 9.37. The van der Waals surface area contributed by atoms with Crippen molar-refractivity contribution >= 4 is 51.2 Å². The molecule has 0 saturated carbocycles. The van der Waals surface area contributed by atoms with Crippen molar-refractivity contribution in [3.63, 3.8) is 0 Å². The van der Waals surface area contributed by atoms with E-state index < -0.39 is 17.8 Å². The van der Waals surface area contributed by atoms with Crippen LogP contribution in [0.15, 0.2) is 46.4 Å². The lowest BCUT2D eigenvalue weighted by atomic mass is 9.79. The normalized spacial score (nSPS) is 21.3. The van der Waals surface area contributed by atoms with Crippen molar-refractivity contribution in [2.75, 3.05) is 16.3 Å². The minimum absolute atomic E-state index is 0.0532. The molecule has 7 heteroatoms. The van der Waals surface area contributed by atoms with Crippen molar-refractivity contribution in [3.8, 4) is 0 Å². The number of halogens is 1. The fourth-order valence-corrected chi connectivity index (χ4v) is 5.45. The van der Waals surface area contributed by atoms with E-state index in [1.54, 1.807) is 30.3 Å². The number of nitrogens with zero attached hydrogens (tertiary/aromatic N) is 2. The van der Waals surface area contributed by atoms with Gasteiger partial charge in [-0.2, -0.15) is 0 Å². The average molecular weight is 510 g/mol. The molecule has 0 aromatic heterocycles. The molecule has 172 valence electrons. The number of imide groups is 2. The Morgan fingerprint density at radius 2 is 1.91 bits per heavy atom. The summed E-state index contributed by atoms with van der Waals surface area (Å²) in [6.45, 7) is 11.8. The van der Waals surface area contributed by atoms with Gasteiger partial charge < -0.3 is 4.90 Å². The molecule has 2 aliphatic rings. The molecule has 1 N–H and O–H groups in total. The topological polar surface area (TPSA) is 69.7 Å². The molecule has 0 bridgehead atoms. The maximum Gasteiger partial charge on any atom is 0.335 e. The summed E-state index contributed by atoms with van der Waals surface area (Å²) < 4.78 is 0.728. The molecule has 4 amide bonds. The van der Waals surface area contributed by atoms with Gasteiger partial charge in [0.05, 0.1) is 5.69 Å². The van der Waals surface area contributed by atoms with Crippen LogP contribution in [0.1, 0.15) is 56.7 Å². The molecule has 4 rings (SSSR count). The Morgan fingerprint density at radius 1 is 1.18 bits per heavy atom. The molecule has 2 aliphatic heterocycles. The molecular weight excluding hydrogens is 482 g/mol. The van der Waals surface area contributed by atoms with Gasteiger partial charge in [-0.15, -0.1) is 0 Å². The van der Waals surface area contributed by atoms with Crippen LogP contribution in [0, 0.1) is 6.92 Å². The molecule has 0 spiro atoms.